The number of nitrogens with zero attached hydrogens (tertiary/aromatic N) is 2. The van der Waals surface area contributed by atoms with Crippen molar-refractivity contribution in [2.24, 2.45) is 7.05 Å². The van der Waals surface area contributed by atoms with Gasteiger partial charge in [0.1, 0.15) is 11.6 Å². The van der Waals surface area contributed by atoms with Gasteiger partial charge in [-0.3, -0.25) is 4.68 Å². The van der Waals surface area contributed by atoms with E-state index in [2.05, 4.69) is 41.8 Å². The number of benzene rings is 1. The SMILES string of the molecule is Cn1nc(-c2cc(Br)cc(C(C)(C)C)c2O)cc1N. The van der Waals surface area contributed by atoms with Crippen molar-refractivity contribution in [2.45, 2.75) is 26.2 Å². The summed E-state index contributed by atoms with van der Waals surface area (Å²) < 4.78 is 2.50. The number of rotatable bonds is 1. The van der Waals surface area contributed by atoms with E-state index in [0.29, 0.717) is 17.1 Å². The maximum Gasteiger partial charge on any atom is 0.128 e. The van der Waals surface area contributed by atoms with Crippen molar-refractivity contribution >= 4 is 21.7 Å². The molecule has 102 valence electrons. The van der Waals surface area contributed by atoms with E-state index in [9.17, 15) is 5.11 Å². The van der Waals surface area contributed by atoms with Crippen LogP contribution in [0.2, 0.25) is 0 Å². The molecule has 0 aliphatic rings. The Bertz CT molecular complexity index is 607. The van der Waals surface area contributed by atoms with E-state index in [1.165, 1.54) is 0 Å². The summed E-state index contributed by atoms with van der Waals surface area (Å²) in [6, 6.07) is 5.55. The van der Waals surface area contributed by atoms with E-state index in [1.54, 1.807) is 17.8 Å². The molecule has 0 radical (unpaired) electrons. The highest BCUT2D eigenvalue weighted by Crippen LogP contribution is 2.40. The number of halogens is 1. The molecule has 4 nitrogen and oxygen atoms in total. The van der Waals surface area contributed by atoms with Crippen LogP contribution in [0.3, 0.4) is 0 Å². The predicted octanol–water partition coefficient (Wildman–Crippen LogP) is 3.43. The lowest BCUT2D eigenvalue weighted by Crippen LogP contribution is -2.11. The van der Waals surface area contributed by atoms with Gasteiger partial charge in [0.25, 0.3) is 0 Å². The topological polar surface area (TPSA) is 64.1 Å². The fourth-order valence-corrected chi connectivity index (χ4v) is 2.44. The number of aromatic nitrogens is 2. The molecular formula is C14H18BrN3O. The summed E-state index contributed by atoms with van der Waals surface area (Å²) in [6.45, 7) is 6.18. The summed E-state index contributed by atoms with van der Waals surface area (Å²) in [5.74, 6) is 0.820. The number of anilines is 1. The minimum atomic E-state index is -0.150. The molecule has 2 aromatic rings. The molecule has 5 heteroatoms. The molecule has 0 saturated carbocycles. The Kier molecular flexibility index (Phi) is 3.34. The van der Waals surface area contributed by atoms with Crippen LogP contribution in [0.5, 0.6) is 5.75 Å². The summed E-state index contributed by atoms with van der Waals surface area (Å²) >= 11 is 3.49. The molecule has 0 saturated heterocycles. The number of phenolic OH excluding ortho intramolecular Hbond substituents is 1. The van der Waals surface area contributed by atoms with Gasteiger partial charge in [-0.05, 0) is 17.5 Å². The Morgan fingerprint density at radius 3 is 2.37 bits per heavy atom. The first-order chi connectivity index (χ1) is 8.70. The minimum absolute atomic E-state index is 0.150. The monoisotopic (exact) mass is 323 g/mol. The molecule has 0 aliphatic carbocycles. The average Bonchev–Trinajstić information content (AvgIpc) is 2.60. The quantitative estimate of drug-likeness (QED) is 0.845. The van der Waals surface area contributed by atoms with Crippen LogP contribution in [0.15, 0.2) is 22.7 Å². The number of hydrogen-bond donors (Lipinski definition) is 2. The smallest absolute Gasteiger partial charge is 0.128 e. The lowest BCUT2D eigenvalue weighted by atomic mass is 9.85. The third-order valence-electron chi connectivity index (χ3n) is 3.07. The highest BCUT2D eigenvalue weighted by atomic mass is 79.9. The third kappa shape index (κ3) is 2.61. The number of phenols is 1. The second-order valence-corrected chi connectivity index (χ2v) is 6.59. The van der Waals surface area contributed by atoms with Crippen molar-refractivity contribution in [3.8, 4) is 17.0 Å². The van der Waals surface area contributed by atoms with Gasteiger partial charge < -0.3 is 10.8 Å². The fourth-order valence-electron chi connectivity index (χ4n) is 1.98. The van der Waals surface area contributed by atoms with E-state index < -0.39 is 0 Å². The number of nitrogens with two attached hydrogens (primary N) is 1. The molecule has 2 rings (SSSR count). The maximum atomic E-state index is 10.5. The minimum Gasteiger partial charge on any atom is -0.507 e. The molecule has 0 amide bonds. The van der Waals surface area contributed by atoms with Gasteiger partial charge in [-0.2, -0.15) is 5.10 Å². The van der Waals surface area contributed by atoms with Crippen LogP contribution in [0.25, 0.3) is 11.3 Å². The summed E-state index contributed by atoms with van der Waals surface area (Å²) in [7, 11) is 1.78. The van der Waals surface area contributed by atoms with Crippen molar-refractivity contribution in [3.63, 3.8) is 0 Å². The lowest BCUT2D eigenvalue weighted by Gasteiger charge is -2.22. The highest BCUT2D eigenvalue weighted by Gasteiger charge is 2.22. The molecule has 19 heavy (non-hydrogen) atoms. The number of nitrogen functional groups attached to an aromatic ring is 1. The number of aromatic hydroxyl groups is 1. The van der Waals surface area contributed by atoms with Gasteiger partial charge in [0.05, 0.1) is 5.69 Å². The average molecular weight is 324 g/mol. The van der Waals surface area contributed by atoms with E-state index >= 15 is 0 Å². The van der Waals surface area contributed by atoms with Crippen LogP contribution in [0, 0.1) is 0 Å². The third-order valence-corrected chi connectivity index (χ3v) is 3.53. The Hall–Kier alpha value is -1.49. The molecular weight excluding hydrogens is 306 g/mol. The van der Waals surface area contributed by atoms with Gasteiger partial charge in [-0.1, -0.05) is 36.7 Å². The fraction of sp³-hybridized carbons (Fsp3) is 0.357. The van der Waals surface area contributed by atoms with Crippen molar-refractivity contribution in [1.82, 2.24) is 9.78 Å². The Morgan fingerprint density at radius 1 is 1.26 bits per heavy atom. The van der Waals surface area contributed by atoms with Crippen LogP contribution < -0.4 is 5.73 Å². The first-order valence-electron chi connectivity index (χ1n) is 6.03. The Morgan fingerprint density at radius 2 is 1.89 bits per heavy atom. The predicted molar refractivity (Wildman–Crippen MR) is 81.1 cm³/mol. The molecule has 0 unspecified atom stereocenters. The van der Waals surface area contributed by atoms with Gasteiger partial charge >= 0.3 is 0 Å². The standard InChI is InChI=1S/C14H18BrN3O/c1-14(2,3)10-6-8(15)5-9(13(10)19)11-7-12(16)18(4)17-11/h5-7,19H,16H2,1-4H3. The first-order valence-corrected chi connectivity index (χ1v) is 6.82. The van der Waals surface area contributed by atoms with Crippen LogP contribution in [-0.4, -0.2) is 14.9 Å². The Balaban J connectivity index is 2.68. The van der Waals surface area contributed by atoms with Crippen molar-refractivity contribution in [2.75, 3.05) is 5.73 Å². The van der Waals surface area contributed by atoms with Gasteiger partial charge in [-0.15, -0.1) is 0 Å². The summed E-state index contributed by atoms with van der Waals surface area (Å²) in [5, 5.41) is 14.8. The van der Waals surface area contributed by atoms with E-state index in [-0.39, 0.29) is 11.2 Å². The zero-order chi connectivity index (χ0) is 14.4. The number of aryl methyl sites for hydroxylation is 1. The summed E-state index contributed by atoms with van der Waals surface area (Å²) in [6.07, 6.45) is 0. The second-order valence-electron chi connectivity index (χ2n) is 5.68. The highest BCUT2D eigenvalue weighted by molar-refractivity contribution is 9.10. The largest absolute Gasteiger partial charge is 0.507 e. The van der Waals surface area contributed by atoms with E-state index in [1.807, 2.05) is 12.1 Å². The van der Waals surface area contributed by atoms with Gasteiger partial charge in [0, 0.05) is 28.7 Å². The normalized spacial score (nSPS) is 11.8. The van der Waals surface area contributed by atoms with Gasteiger partial charge in [0.15, 0.2) is 0 Å². The molecule has 0 bridgehead atoms. The molecule has 0 spiro atoms. The maximum absolute atomic E-state index is 10.5. The zero-order valence-electron chi connectivity index (χ0n) is 11.5. The van der Waals surface area contributed by atoms with Gasteiger partial charge in [-0.25, -0.2) is 0 Å². The second kappa shape index (κ2) is 4.56. The molecule has 1 aromatic carbocycles. The molecule has 0 aliphatic heterocycles. The van der Waals surface area contributed by atoms with E-state index in [0.717, 1.165) is 10.0 Å². The van der Waals surface area contributed by atoms with Crippen LogP contribution in [-0.2, 0) is 12.5 Å². The zero-order valence-corrected chi connectivity index (χ0v) is 13.1. The molecule has 1 heterocycles. The van der Waals surface area contributed by atoms with Gasteiger partial charge in [0.2, 0.25) is 0 Å². The van der Waals surface area contributed by atoms with Crippen molar-refractivity contribution in [3.05, 3.63) is 28.2 Å². The molecule has 0 atom stereocenters. The molecule has 3 N–H and O–H groups in total. The lowest BCUT2D eigenvalue weighted by molar-refractivity contribution is 0.448. The van der Waals surface area contributed by atoms with Crippen molar-refractivity contribution < 1.29 is 5.11 Å². The van der Waals surface area contributed by atoms with Crippen LogP contribution >= 0.6 is 15.9 Å². The molecule has 1 aromatic heterocycles. The van der Waals surface area contributed by atoms with Crippen molar-refractivity contribution in [1.29, 1.82) is 0 Å². The first kappa shape index (κ1) is 13.9. The number of hydrogen-bond acceptors (Lipinski definition) is 3. The van der Waals surface area contributed by atoms with Crippen LogP contribution in [0.4, 0.5) is 5.82 Å². The summed E-state index contributed by atoms with van der Waals surface area (Å²) in [5.41, 5.74) is 7.88. The van der Waals surface area contributed by atoms with E-state index in [4.69, 9.17) is 5.73 Å². The summed E-state index contributed by atoms with van der Waals surface area (Å²) in [4.78, 5) is 0. The molecule has 0 fully saturated rings. The Labute approximate surface area is 121 Å². The van der Waals surface area contributed by atoms with Crippen LogP contribution in [0.1, 0.15) is 26.3 Å².